The maximum Gasteiger partial charge on any atom is 0.258 e. The molecule has 0 unspecified atom stereocenters. The number of nitrogens with one attached hydrogen (secondary N) is 1. The highest BCUT2D eigenvalue weighted by Gasteiger charge is 2.13. The summed E-state index contributed by atoms with van der Waals surface area (Å²) >= 11 is 0. The Labute approximate surface area is 183 Å². The molecule has 0 radical (unpaired) electrons. The Morgan fingerprint density at radius 3 is 2.53 bits per heavy atom. The Bertz CT molecular complexity index is 1370. The van der Waals surface area contributed by atoms with E-state index in [0.29, 0.717) is 11.3 Å². The molecule has 0 atom stereocenters. The van der Waals surface area contributed by atoms with Gasteiger partial charge in [-0.3, -0.25) is 9.59 Å². The molecular weight excluding hydrogens is 408 g/mol. The van der Waals surface area contributed by atoms with Crippen LogP contribution >= 0.6 is 0 Å². The van der Waals surface area contributed by atoms with Crippen molar-refractivity contribution in [1.29, 1.82) is 5.26 Å². The number of rotatable bonds is 6. The second-order valence-corrected chi connectivity index (χ2v) is 7.03. The van der Waals surface area contributed by atoms with Crippen molar-refractivity contribution in [3.63, 3.8) is 0 Å². The van der Waals surface area contributed by atoms with Crippen molar-refractivity contribution in [1.82, 2.24) is 5.32 Å². The number of hydrogen-bond donors (Lipinski definition) is 2. The van der Waals surface area contributed by atoms with E-state index in [4.69, 9.17) is 14.4 Å². The van der Waals surface area contributed by atoms with Crippen molar-refractivity contribution in [3.05, 3.63) is 94.1 Å². The van der Waals surface area contributed by atoms with Crippen molar-refractivity contribution in [2.75, 3.05) is 6.61 Å². The highest BCUT2D eigenvalue weighted by Crippen LogP contribution is 2.31. The number of carbonyl (C=O) groups excluding carboxylic acids is 1. The third-order valence-corrected chi connectivity index (χ3v) is 4.78. The van der Waals surface area contributed by atoms with Gasteiger partial charge in [-0.2, -0.15) is 5.26 Å². The summed E-state index contributed by atoms with van der Waals surface area (Å²) in [7, 11) is 0. The second-order valence-electron chi connectivity index (χ2n) is 7.03. The minimum absolute atomic E-state index is 0.0438. The molecule has 32 heavy (non-hydrogen) atoms. The van der Waals surface area contributed by atoms with E-state index in [1.54, 1.807) is 24.3 Å². The van der Waals surface area contributed by atoms with Crippen LogP contribution in [0, 0.1) is 11.3 Å². The topological polar surface area (TPSA) is 113 Å². The molecule has 0 saturated carbocycles. The number of phenolic OH excluding ortho intramolecular Hbond substituents is 1. The molecule has 7 heteroatoms. The summed E-state index contributed by atoms with van der Waals surface area (Å²) in [6.07, 6.45) is 0. The van der Waals surface area contributed by atoms with Gasteiger partial charge < -0.3 is 19.6 Å². The lowest BCUT2D eigenvalue weighted by Crippen LogP contribution is -2.28. The van der Waals surface area contributed by atoms with Gasteiger partial charge in [0.15, 0.2) is 12.0 Å². The first-order valence-electron chi connectivity index (χ1n) is 9.78. The lowest BCUT2D eigenvalue weighted by molar-refractivity contribution is -0.123. The zero-order valence-corrected chi connectivity index (χ0v) is 16.9. The van der Waals surface area contributed by atoms with Crippen LogP contribution in [0.15, 0.2) is 82.0 Å². The van der Waals surface area contributed by atoms with Crippen molar-refractivity contribution in [2.24, 2.45) is 0 Å². The molecule has 0 saturated heterocycles. The van der Waals surface area contributed by atoms with E-state index in [1.807, 2.05) is 36.4 Å². The van der Waals surface area contributed by atoms with Crippen LogP contribution in [0.4, 0.5) is 0 Å². The SMILES string of the molecule is N#Cc1ccc(CNC(=O)COc2cc(O)c3c(=O)cc(-c4ccccc4)oc3c2)cc1. The fraction of sp³-hybridized carbons (Fsp3) is 0.0800. The van der Waals surface area contributed by atoms with Crippen LogP contribution in [0.1, 0.15) is 11.1 Å². The number of ether oxygens (including phenoxy) is 1. The number of aromatic hydroxyl groups is 1. The largest absolute Gasteiger partial charge is 0.507 e. The Morgan fingerprint density at radius 1 is 1.06 bits per heavy atom. The molecule has 158 valence electrons. The Hall–Kier alpha value is -4.57. The minimum atomic E-state index is -0.380. The van der Waals surface area contributed by atoms with Gasteiger partial charge >= 0.3 is 0 Å². The predicted molar refractivity (Wildman–Crippen MR) is 118 cm³/mol. The van der Waals surface area contributed by atoms with E-state index in [0.717, 1.165) is 11.1 Å². The van der Waals surface area contributed by atoms with E-state index in [-0.39, 0.29) is 47.0 Å². The third kappa shape index (κ3) is 4.60. The number of nitriles is 1. The summed E-state index contributed by atoms with van der Waals surface area (Å²) < 4.78 is 11.3. The van der Waals surface area contributed by atoms with Gasteiger partial charge in [-0.05, 0) is 17.7 Å². The molecule has 3 aromatic carbocycles. The van der Waals surface area contributed by atoms with Gasteiger partial charge in [0, 0.05) is 30.3 Å². The smallest absolute Gasteiger partial charge is 0.258 e. The van der Waals surface area contributed by atoms with Crippen molar-refractivity contribution < 1.29 is 19.1 Å². The average Bonchev–Trinajstić information content (AvgIpc) is 2.81. The van der Waals surface area contributed by atoms with Crippen LogP contribution < -0.4 is 15.5 Å². The molecule has 0 fully saturated rings. The van der Waals surface area contributed by atoms with E-state index < -0.39 is 0 Å². The summed E-state index contributed by atoms with van der Waals surface area (Å²) in [6, 6.07) is 22.1. The third-order valence-electron chi connectivity index (χ3n) is 4.78. The fourth-order valence-electron chi connectivity index (χ4n) is 3.17. The Balaban J connectivity index is 1.47. The zero-order chi connectivity index (χ0) is 22.5. The number of benzene rings is 3. The molecular formula is C25H18N2O5. The number of nitrogens with zero attached hydrogens (tertiary/aromatic N) is 1. The van der Waals surface area contributed by atoms with Gasteiger partial charge in [0.1, 0.15) is 28.2 Å². The number of hydrogen-bond acceptors (Lipinski definition) is 6. The van der Waals surface area contributed by atoms with Gasteiger partial charge in [0.2, 0.25) is 0 Å². The van der Waals surface area contributed by atoms with Crippen LogP contribution in [0.2, 0.25) is 0 Å². The van der Waals surface area contributed by atoms with Crippen LogP contribution in [-0.2, 0) is 11.3 Å². The molecule has 2 N–H and O–H groups in total. The Morgan fingerprint density at radius 2 is 1.81 bits per heavy atom. The quantitative estimate of drug-likeness (QED) is 0.486. The van der Waals surface area contributed by atoms with Crippen LogP contribution in [-0.4, -0.2) is 17.6 Å². The van der Waals surface area contributed by atoms with Gasteiger partial charge in [-0.15, -0.1) is 0 Å². The molecule has 0 bridgehead atoms. The standard InChI is InChI=1S/C25H18N2O5/c26-13-16-6-8-17(9-7-16)14-27-24(30)15-31-19-10-20(28)25-21(29)12-22(32-23(25)11-19)18-4-2-1-3-5-18/h1-12,28H,14-15H2,(H,27,30). The van der Waals surface area contributed by atoms with Crippen LogP contribution in [0.3, 0.4) is 0 Å². The van der Waals surface area contributed by atoms with E-state index >= 15 is 0 Å². The van der Waals surface area contributed by atoms with Gasteiger partial charge in [-0.1, -0.05) is 42.5 Å². The number of fused-ring (bicyclic) bond motifs is 1. The monoisotopic (exact) mass is 426 g/mol. The van der Waals surface area contributed by atoms with Crippen molar-refractivity contribution in [2.45, 2.75) is 6.54 Å². The number of amides is 1. The van der Waals surface area contributed by atoms with Crippen LogP contribution in [0.25, 0.3) is 22.3 Å². The van der Waals surface area contributed by atoms with Crippen molar-refractivity contribution in [3.8, 4) is 28.9 Å². The molecule has 7 nitrogen and oxygen atoms in total. The average molecular weight is 426 g/mol. The van der Waals surface area contributed by atoms with Crippen LogP contribution in [0.5, 0.6) is 11.5 Å². The zero-order valence-electron chi connectivity index (χ0n) is 16.9. The fourth-order valence-corrected chi connectivity index (χ4v) is 3.17. The highest BCUT2D eigenvalue weighted by atomic mass is 16.5. The molecule has 1 heterocycles. The molecule has 0 aliphatic rings. The lowest BCUT2D eigenvalue weighted by atomic mass is 10.1. The van der Waals surface area contributed by atoms with E-state index in [1.165, 1.54) is 18.2 Å². The van der Waals surface area contributed by atoms with Gasteiger partial charge in [-0.25, -0.2) is 0 Å². The normalized spacial score (nSPS) is 10.5. The molecule has 4 rings (SSSR count). The first kappa shape index (κ1) is 20.7. The first-order chi connectivity index (χ1) is 15.5. The maximum absolute atomic E-state index is 12.5. The maximum atomic E-state index is 12.5. The summed E-state index contributed by atoms with van der Waals surface area (Å²) in [6.45, 7) is -0.00395. The van der Waals surface area contributed by atoms with E-state index in [2.05, 4.69) is 5.32 Å². The van der Waals surface area contributed by atoms with E-state index in [9.17, 15) is 14.7 Å². The molecule has 0 aliphatic heterocycles. The lowest BCUT2D eigenvalue weighted by Gasteiger charge is -2.10. The van der Waals surface area contributed by atoms with Gasteiger partial charge in [0.25, 0.3) is 5.91 Å². The highest BCUT2D eigenvalue weighted by molar-refractivity contribution is 5.86. The molecule has 0 aliphatic carbocycles. The number of phenols is 1. The molecule has 1 aromatic heterocycles. The summed E-state index contributed by atoms with van der Waals surface area (Å²) in [5.41, 5.74) is 1.88. The molecule has 1 amide bonds. The summed E-state index contributed by atoms with van der Waals surface area (Å²) in [5, 5.41) is 21.9. The first-order valence-corrected chi connectivity index (χ1v) is 9.78. The number of carbonyl (C=O) groups is 1. The summed E-state index contributed by atoms with van der Waals surface area (Å²) in [5.74, 6) is -0.103. The predicted octanol–water partition coefficient (Wildman–Crippen LogP) is 3.73. The Kier molecular flexibility index (Phi) is 5.86. The minimum Gasteiger partial charge on any atom is -0.507 e. The second kappa shape index (κ2) is 9.06. The van der Waals surface area contributed by atoms with Crippen molar-refractivity contribution >= 4 is 16.9 Å². The molecule has 0 spiro atoms. The van der Waals surface area contributed by atoms with Gasteiger partial charge in [0.05, 0.1) is 11.6 Å². The molecule has 4 aromatic rings. The summed E-state index contributed by atoms with van der Waals surface area (Å²) in [4.78, 5) is 24.6.